The molecule has 5 rings (SSSR count). The van der Waals surface area contributed by atoms with Crippen molar-refractivity contribution in [3.8, 4) is 0 Å². The molecule has 0 radical (unpaired) electrons. The highest BCUT2D eigenvalue weighted by Crippen LogP contribution is 2.20. The van der Waals surface area contributed by atoms with Gasteiger partial charge < -0.3 is 27.0 Å². The highest BCUT2D eigenvalue weighted by Gasteiger charge is 2.31. The second kappa shape index (κ2) is 16.2. The van der Waals surface area contributed by atoms with Crippen molar-refractivity contribution in [2.45, 2.75) is 70.0 Å². The number of primary amides is 1. The van der Waals surface area contributed by atoms with Gasteiger partial charge in [-0.05, 0) is 65.0 Å². The Morgan fingerprint density at radius 3 is 1.70 bits per heavy atom. The largest absolute Gasteiger partial charge is 0.368 e. The van der Waals surface area contributed by atoms with Crippen LogP contribution in [-0.4, -0.2) is 54.8 Å². The molecular weight excluding hydrogens is 590 g/mol. The summed E-state index contributed by atoms with van der Waals surface area (Å²) in [6, 6.07) is 25.0. The van der Waals surface area contributed by atoms with Gasteiger partial charge in [0.05, 0.1) is 0 Å². The average Bonchev–Trinajstić information content (AvgIpc) is 3.09. The van der Waals surface area contributed by atoms with Crippen molar-refractivity contribution >= 4 is 45.2 Å². The lowest BCUT2D eigenvalue weighted by Gasteiger charge is -2.27. The molecule has 0 saturated carbocycles. The van der Waals surface area contributed by atoms with Crippen LogP contribution in [0, 0.1) is 5.92 Å². The Labute approximate surface area is 276 Å². The summed E-state index contributed by atoms with van der Waals surface area (Å²) in [7, 11) is 0. The Kier molecular flexibility index (Phi) is 11.6. The van der Waals surface area contributed by atoms with E-state index >= 15 is 0 Å². The van der Waals surface area contributed by atoms with Crippen LogP contribution in [0.4, 0.5) is 0 Å². The van der Waals surface area contributed by atoms with Crippen LogP contribution >= 0.6 is 0 Å². The zero-order chi connectivity index (χ0) is 33.2. The number of piperidine rings is 1. The monoisotopic (exact) mass is 635 g/mol. The van der Waals surface area contributed by atoms with Gasteiger partial charge in [-0.2, -0.15) is 0 Å². The molecule has 4 aromatic carbocycles. The van der Waals surface area contributed by atoms with E-state index in [1.165, 1.54) is 0 Å². The topological polar surface area (TPSA) is 142 Å². The molecule has 4 aromatic rings. The predicted molar refractivity (Wildman–Crippen MR) is 185 cm³/mol. The lowest BCUT2D eigenvalue weighted by molar-refractivity contribution is -0.134. The van der Waals surface area contributed by atoms with Gasteiger partial charge in [0.15, 0.2) is 0 Å². The first-order chi connectivity index (χ1) is 22.8. The Balaban J connectivity index is 1.41. The quantitative estimate of drug-likeness (QED) is 0.143. The molecule has 0 aliphatic carbocycles. The predicted octanol–water partition coefficient (Wildman–Crippen LogP) is 3.91. The van der Waals surface area contributed by atoms with E-state index in [9.17, 15) is 19.2 Å². The summed E-state index contributed by atoms with van der Waals surface area (Å²) < 4.78 is 0. The Hall–Kier alpha value is -4.76. The average molecular weight is 636 g/mol. The maximum atomic E-state index is 14.1. The maximum Gasteiger partial charge on any atom is 0.243 e. The minimum Gasteiger partial charge on any atom is -0.368 e. The van der Waals surface area contributed by atoms with E-state index in [0.717, 1.165) is 52.2 Å². The summed E-state index contributed by atoms with van der Waals surface area (Å²) in [6.07, 6.45) is 3.77. The van der Waals surface area contributed by atoms with Crippen molar-refractivity contribution in [3.05, 3.63) is 96.1 Å². The minimum atomic E-state index is -1.01. The van der Waals surface area contributed by atoms with Gasteiger partial charge in [-0.25, -0.2) is 0 Å². The molecule has 1 aliphatic rings. The third-order valence-corrected chi connectivity index (χ3v) is 8.99. The molecule has 1 heterocycles. The van der Waals surface area contributed by atoms with Gasteiger partial charge >= 0.3 is 0 Å². The molecule has 246 valence electrons. The van der Waals surface area contributed by atoms with Crippen LogP contribution < -0.4 is 27.0 Å². The molecule has 4 amide bonds. The minimum absolute atomic E-state index is 0.170. The van der Waals surface area contributed by atoms with E-state index in [-0.39, 0.29) is 24.7 Å². The molecule has 0 bridgehead atoms. The molecule has 47 heavy (non-hydrogen) atoms. The van der Waals surface area contributed by atoms with E-state index in [1.807, 2.05) is 91.9 Å². The molecule has 9 heteroatoms. The van der Waals surface area contributed by atoms with Crippen LogP contribution in [0.15, 0.2) is 84.9 Å². The summed E-state index contributed by atoms with van der Waals surface area (Å²) >= 11 is 0. The molecular formula is C38H45N5O4. The fourth-order valence-electron chi connectivity index (χ4n) is 6.23. The number of carbonyl (C=O) groups is 4. The molecule has 0 spiro atoms. The number of carbonyl (C=O) groups excluding carboxylic acids is 4. The molecule has 9 nitrogen and oxygen atoms in total. The third kappa shape index (κ3) is 9.16. The molecule has 1 aliphatic heterocycles. The van der Waals surface area contributed by atoms with E-state index in [1.54, 1.807) is 0 Å². The fraction of sp³-hybridized carbons (Fsp3) is 0.368. The fourth-order valence-corrected chi connectivity index (χ4v) is 6.23. The molecule has 6 N–H and O–H groups in total. The molecule has 0 aromatic heterocycles. The third-order valence-electron chi connectivity index (χ3n) is 8.99. The summed E-state index contributed by atoms with van der Waals surface area (Å²) in [5.74, 6) is -1.96. The molecule has 3 unspecified atom stereocenters. The number of unbranched alkanes of at least 4 members (excludes halogenated alkanes) is 1. The van der Waals surface area contributed by atoms with Crippen molar-refractivity contribution in [2.75, 3.05) is 13.1 Å². The van der Waals surface area contributed by atoms with E-state index < -0.39 is 35.8 Å². The summed E-state index contributed by atoms with van der Waals surface area (Å²) in [4.78, 5) is 53.6. The van der Waals surface area contributed by atoms with Gasteiger partial charge in [0.2, 0.25) is 23.6 Å². The van der Waals surface area contributed by atoms with Gasteiger partial charge in [0.25, 0.3) is 0 Å². The van der Waals surface area contributed by atoms with Crippen LogP contribution in [-0.2, 0) is 32.0 Å². The summed E-state index contributed by atoms with van der Waals surface area (Å²) in [6.45, 7) is 3.48. The first kappa shape index (κ1) is 33.6. The zero-order valence-corrected chi connectivity index (χ0v) is 27.0. The van der Waals surface area contributed by atoms with Crippen molar-refractivity contribution in [3.63, 3.8) is 0 Å². The normalized spacial score (nSPS) is 15.4. The number of amides is 4. The number of hydrogen-bond donors (Lipinski definition) is 5. The van der Waals surface area contributed by atoms with Crippen LogP contribution in [0.1, 0.15) is 50.2 Å². The van der Waals surface area contributed by atoms with Crippen LogP contribution in [0.25, 0.3) is 21.5 Å². The van der Waals surface area contributed by atoms with Gasteiger partial charge in [0.1, 0.15) is 18.1 Å². The lowest BCUT2D eigenvalue weighted by atomic mass is 9.95. The second-order valence-corrected chi connectivity index (χ2v) is 12.5. The van der Waals surface area contributed by atoms with Gasteiger partial charge in [-0.1, -0.05) is 105 Å². The Bertz CT molecular complexity index is 1720. The zero-order valence-electron chi connectivity index (χ0n) is 27.0. The highest BCUT2D eigenvalue weighted by atomic mass is 16.2. The number of rotatable bonds is 14. The molecule has 1 fully saturated rings. The number of hydrogen-bond acceptors (Lipinski definition) is 5. The number of fused-ring (bicyclic) bond motifs is 2. The van der Waals surface area contributed by atoms with E-state index in [2.05, 4.69) is 21.3 Å². The van der Waals surface area contributed by atoms with Crippen LogP contribution in [0.2, 0.25) is 0 Å². The molecule has 3 atom stereocenters. The van der Waals surface area contributed by atoms with Crippen LogP contribution in [0.3, 0.4) is 0 Å². The number of nitrogens with one attached hydrogen (secondary N) is 4. The number of benzene rings is 4. The van der Waals surface area contributed by atoms with E-state index in [0.29, 0.717) is 25.7 Å². The highest BCUT2D eigenvalue weighted by molar-refractivity contribution is 5.95. The summed E-state index contributed by atoms with van der Waals surface area (Å²) in [5, 5.41) is 16.2. The van der Waals surface area contributed by atoms with E-state index in [4.69, 9.17) is 5.73 Å². The smallest absolute Gasteiger partial charge is 0.243 e. The van der Waals surface area contributed by atoms with Gasteiger partial charge in [-0.15, -0.1) is 0 Å². The summed E-state index contributed by atoms with van der Waals surface area (Å²) in [5.41, 5.74) is 7.38. The standard InChI is InChI=1S/C38H45N5O4/c1-2-3-12-32(35(39)44)41-37(46)34(24-26-14-16-28-9-5-7-11-31(28)22-26)43-38(47)33(42-36(45)29-17-19-40-20-18-29)23-25-13-15-27-8-4-6-10-30(27)21-25/h4-11,13-16,21-22,29,32-34,40H,2-3,12,17-20,23-24H2,1H3,(H2,39,44)(H,41,46)(H,42,45)(H,43,47). The van der Waals surface area contributed by atoms with Crippen molar-refractivity contribution < 1.29 is 19.2 Å². The maximum absolute atomic E-state index is 14.1. The van der Waals surface area contributed by atoms with Gasteiger partial charge in [-0.3, -0.25) is 19.2 Å². The van der Waals surface area contributed by atoms with Crippen LogP contribution in [0.5, 0.6) is 0 Å². The van der Waals surface area contributed by atoms with Crippen molar-refractivity contribution in [1.29, 1.82) is 0 Å². The number of nitrogens with two attached hydrogens (primary N) is 1. The first-order valence-corrected chi connectivity index (χ1v) is 16.7. The Morgan fingerprint density at radius 1 is 0.702 bits per heavy atom. The second-order valence-electron chi connectivity index (χ2n) is 12.5. The van der Waals surface area contributed by atoms with Crippen molar-refractivity contribution in [2.24, 2.45) is 11.7 Å². The first-order valence-electron chi connectivity index (χ1n) is 16.7. The Morgan fingerprint density at radius 2 is 1.19 bits per heavy atom. The lowest BCUT2D eigenvalue weighted by Crippen LogP contribution is -2.58. The van der Waals surface area contributed by atoms with Crippen molar-refractivity contribution in [1.82, 2.24) is 21.3 Å². The molecule has 1 saturated heterocycles. The SMILES string of the molecule is CCCCC(NC(=O)C(Cc1ccc2ccccc2c1)NC(=O)C(Cc1ccc2ccccc2c1)NC(=O)C1CCNCC1)C(N)=O. The van der Waals surface area contributed by atoms with Gasteiger partial charge in [0, 0.05) is 18.8 Å².